The first kappa shape index (κ1) is 12.6. The lowest BCUT2D eigenvalue weighted by Crippen LogP contribution is -2.05. The topological polar surface area (TPSA) is 109 Å². The zero-order chi connectivity index (χ0) is 10.7. The van der Waals surface area contributed by atoms with Crippen molar-refractivity contribution in [3.8, 4) is 0 Å². The van der Waals surface area contributed by atoms with Crippen LogP contribution in [-0.2, 0) is 20.2 Å². The van der Waals surface area contributed by atoms with Crippen LogP contribution in [0, 0.1) is 0 Å². The van der Waals surface area contributed by atoms with E-state index in [1.165, 1.54) is 0 Å². The Morgan fingerprint density at radius 2 is 1.69 bits per heavy atom. The standard InChI is InChI=1S/C5H10O6S2/c1-2-3-5(13(9,10)11)4-12(6,7)8/h4H,2-3H2,1H3,(H,6,7,8)(H,9,10,11). The Kier molecular flexibility index (Phi) is 4.04. The van der Waals surface area contributed by atoms with Crippen molar-refractivity contribution in [2.45, 2.75) is 19.8 Å². The summed E-state index contributed by atoms with van der Waals surface area (Å²) in [6, 6.07) is 0. The van der Waals surface area contributed by atoms with Gasteiger partial charge < -0.3 is 0 Å². The lowest BCUT2D eigenvalue weighted by atomic mass is 10.3. The normalized spacial score (nSPS) is 14.5. The zero-order valence-electron chi connectivity index (χ0n) is 6.84. The van der Waals surface area contributed by atoms with Gasteiger partial charge in [-0.3, -0.25) is 9.11 Å². The Labute approximate surface area is 76.8 Å². The summed E-state index contributed by atoms with van der Waals surface area (Å²) >= 11 is 0. The molecule has 78 valence electrons. The highest BCUT2D eigenvalue weighted by Crippen LogP contribution is 2.12. The highest BCUT2D eigenvalue weighted by atomic mass is 32.2. The molecule has 0 saturated heterocycles. The van der Waals surface area contributed by atoms with E-state index in [9.17, 15) is 16.8 Å². The summed E-state index contributed by atoms with van der Waals surface area (Å²) in [4.78, 5) is -0.711. The maximum atomic E-state index is 10.5. The summed E-state index contributed by atoms with van der Waals surface area (Å²) in [6.07, 6.45) is 0.194. The molecular weight excluding hydrogens is 220 g/mol. The first-order chi connectivity index (χ1) is 5.67. The summed E-state index contributed by atoms with van der Waals surface area (Å²) in [5, 5.41) is 0.131. The van der Waals surface area contributed by atoms with E-state index in [0.717, 1.165) is 0 Å². The van der Waals surface area contributed by atoms with Gasteiger partial charge in [0, 0.05) is 0 Å². The van der Waals surface area contributed by atoms with Gasteiger partial charge in [0.15, 0.2) is 0 Å². The fraction of sp³-hybridized carbons (Fsp3) is 0.600. The number of hydrogen-bond donors (Lipinski definition) is 2. The van der Waals surface area contributed by atoms with E-state index in [1.54, 1.807) is 6.92 Å². The molecule has 0 fully saturated rings. The van der Waals surface area contributed by atoms with Gasteiger partial charge in [0.05, 0.1) is 10.3 Å². The molecule has 0 radical (unpaired) electrons. The van der Waals surface area contributed by atoms with Gasteiger partial charge in [0.25, 0.3) is 20.2 Å². The van der Waals surface area contributed by atoms with Crippen molar-refractivity contribution in [2.24, 2.45) is 0 Å². The Morgan fingerprint density at radius 1 is 1.23 bits per heavy atom. The van der Waals surface area contributed by atoms with E-state index < -0.39 is 25.1 Å². The van der Waals surface area contributed by atoms with Crippen LogP contribution < -0.4 is 0 Å². The molecule has 0 amide bonds. The average Bonchev–Trinajstić information content (AvgIpc) is 1.81. The Balaban J connectivity index is 5.19. The molecule has 0 aromatic heterocycles. The molecule has 0 aliphatic carbocycles. The summed E-state index contributed by atoms with van der Waals surface area (Å²) in [5.74, 6) is 0. The SMILES string of the molecule is CCCC(=CS(=O)(=O)O)S(=O)(=O)O. The van der Waals surface area contributed by atoms with E-state index in [0.29, 0.717) is 6.42 Å². The molecule has 13 heavy (non-hydrogen) atoms. The number of rotatable bonds is 4. The molecule has 0 spiro atoms. The molecule has 0 unspecified atom stereocenters. The molecule has 0 heterocycles. The Hall–Kier alpha value is -0.440. The lowest BCUT2D eigenvalue weighted by Gasteiger charge is -1.99. The predicted octanol–water partition coefficient (Wildman–Crippen LogP) is 0.404. The summed E-state index contributed by atoms with van der Waals surface area (Å²) in [5.41, 5.74) is 0. The van der Waals surface area contributed by atoms with Crippen LogP contribution in [0.2, 0.25) is 0 Å². The highest BCUT2D eigenvalue weighted by Gasteiger charge is 2.16. The third kappa shape index (κ3) is 5.75. The van der Waals surface area contributed by atoms with Gasteiger partial charge in [-0.15, -0.1) is 0 Å². The zero-order valence-corrected chi connectivity index (χ0v) is 8.47. The maximum Gasteiger partial charge on any atom is 0.291 e. The van der Waals surface area contributed by atoms with E-state index in [1.807, 2.05) is 0 Å². The van der Waals surface area contributed by atoms with Crippen LogP contribution in [-0.4, -0.2) is 25.9 Å². The number of allylic oxidation sites excluding steroid dienone is 1. The van der Waals surface area contributed by atoms with Gasteiger partial charge in [-0.1, -0.05) is 13.3 Å². The van der Waals surface area contributed by atoms with Crippen LogP contribution in [0.15, 0.2) is 10.3 Å². The minimum atomic E-state index is -4.54. The molecule has 6 nitrogen and oxygen atoms in total. The molecular formula is C5H10O6S2. The quantitative estimate of drug-likeness (QED) is 0.677. The van der Waals surface area contributed by atoms with Gasteiger partial charge in [-0.05, 0) is 6.42 Å². The third-order valence-corrected chi connectivity index (χ3v) is 2.82. The first-order valence-corrected chi connectivity index (χ1v) is 6.26. The molecule has 0 atom stereocenters. The number of hydrogen-bond acceptors (Lipinski definition) is 4. The molecule has 0 aliphatic rings. The van der Waals surface area contributed by atoms with Crippen molar-refractivity contribution in [1.82, 2.24) is 0 Å². The van der Waals surface area contributed by atoms with Crippen LogP contribution >= 0.6 is 0 Å². The minimum Gasteiger partial charge on any atom is -0.282 e. The van der Waals surface area contributed by atoms with Gasteiger partial charge >= 0.3 is 0 Å². The summed E-state index contributed by atoms with van der Waals surface area (Å²) < 4.78 is 58.4. The molecule has 0 aromatic carbocycles. The summed E-state index contributed by atoms with van der Waals surface area (Å²) in [6.45, 7) is 1.60. The van der Waals surface area contributed by atoms with E-state index in [4.69, 9.17) is 9.11 Å². The van der Waals surface area contributed by atoms with E-state index in [-0.39, 0.29) is 11.8 Å². The van der Waals surface area contributed by atoms with Crippen LogP contribution in [0.3, 0.4) is 0 Å². The van der Waals surface area contributed by atoms with Crippen LogP contribution in [0.4, 0.5) is 0 Å². The largest absolute Gasteiger partial charge is 0.291 e. The second-order valence-electron chi connectivity index (χ2n) is 2.32. The van der Waals surface area contributed by atoms with E-state index in [2.05, 4.69) is 0 Å². The van der Waals surface area contributed by atoms with Gasteiger partial charge in [0.1, 0.15) is 0 Å². The van der Waals surface area contributed by atoms with Crippen molar-refractivity contribution < 1.29 is 25.9 Å². The molecule has 8 heteroatoms. The fourth-order valence-electron chi connectivity index (χ4n) is 0.661. The molecule has 0 rings (SSSR count). The lowest BCUT2D eigenvalue weighted by molar-refractivity contribution is 0.484. The first-order valence-electron chi connectivity index (χ1n) is 3.32. The van der Waals surface area contributed by atoms with Crippen molar-refractivity contribution in [3.63, 3.8) is 0 Å². The smallest absolute Gasteiger partial charge is 0.282 e. The molecule has 0 saturated carbocycles. The Morgan fingerprint density at radius 3 is 1.92 bits per heavy atom. The molecule has 0 aromatic rings. The summed E-state index contributed by atoms with van der Waals surface area (Å²) in [7, 11) is -9.07. The second kappa shape index (κ2) is 4.18. The van der Waals surface area contributed by atoms with Crippen molar-refractivity contribution in [3.05, 3.63) is 10.3 Å². The van der Waals surface area contributed by atoms with Crippen molar-refractivity contribution >= 4 is 20.2 Å². The van der Waals surface area contributed by atoms with Gasteiger partial charge in [0.2, 0.25) is 0 Å². The molecule has 2 N–H and O–H groups in total. The van der Waals surface area contributed by atoms with Crippen LogP contribution in [0.25, 0.3) is 0 Å². The van der Waals surface area contributed by atoms with E-state index >= 15 is 0 Å². The van der Waals surface area contributed by atoms with Crippen LogP contribution in [0.1, 0.15) is 19.8 Å². The second-order valence-corrected chi connectivity index (χ2v) is 5.06. The Bertz CT molecular complexity index is 387. The van der Waals surface area contributed by atoms with Crippen LogP contribution in [0.5, 0.6) is 0 Å². The minimum absolute atomic E-state index is 0.131. The fourth-order valence-corrected chi connectivity index (χ4v) is 2.42. The third-order valence-electron chi connectivity index (χ3n) is 1.11. The monoisotopic (exact) mass is 230 g/mol. The van der Waals surface area contributed by atoms with Crippen molar-refractivity contribution in [1.29, 1.82) is 0 Å². The molecule has 0 bridgehead atoms. The highest BCUT2D eigenvalue weighted by molar-refractivity contribution is 7.93. The maximum absolute atomic E-state index is 10.5. The predicted molar refractivity (Wildman–Crippen MR) is 46.1 cm³/mol. The average molecular weight is 230 g/mol. The van der Waals surface area contributed by atoms with Crippen molar-refractivity contribution in [2.75, 3.05) is 0 Å². The molecule has 0 aliphatic heterocycles. The van der Waals surface area contributed by atoms with Gasteiger partial charge in [-0.25, -0.2) is 0 Å². The van der Waals surface area contributed by atoms with Gasteiger partial charge in [-0.2, -0.15) is 16.8 Å².